The smallest absolute Gasteiger partial charge is 0.236 e. The van der Waals surface area contributed by atoms with Gasteiger partial charge < -0.3 is 14.4 Å². The quantitative estimate of drug-likeness (QED) is 0.624. The lowest BCUT2D eigenvalue weighted by molar-refractivity contribution is -0.113. The van der Waals surface area contributed by atoms with Gasteiger partial charge in [-0.25, -0.2) is 4.98 Å². The molecule has 0 aliphatic carbocycles. The van der Waals surface area contributed by atoms with Gasteiger partial charge in [0.1, 0.15) is 6.26 Å². The maximum Gasteiger partial charge on any atom is 0.236 e. The van der Waals surface area contributed by atoms with Gasteiger partial charge in [-0.3, -0.25) is 4.79 Å². The lowest BCUT2D eigenvalue weighted by Gasteiger charge is -2.09. The molecule has 0 fully saturated rings. The Kier molecular flexibility index (Phi) is 5.37. The highest BCUT2D eigenvalue weighted by atomic mass is 79.9. The molecule has 24 heavy (non-hydrogen) atoms. The minimum atomic E-state index is -0.148. The summed E-state index contributed by atoms with van der Waals surface area (Å²) in [6.45, 7) is 2.84. The van der Waals surface area contributed by atoms with Gasteiger partial charge in [0.25, 0.3) is 0 Å². The van der Waals surface area contributed by atoms with Crippen LogP contribution in [0.2, 0.25) is 0 Å². The molecule has 0 radical (unpaired) electrons. The summed E-state index contributed by atoms with van der Waals surface area (Å²) in [6.07, 6.45) is 3.25. The topological polar surface area (TPSA) is 73.0 Å². The number of thioether (sulfide) groups is 1. The Morgan fingerprint density at radius 2 is 2.12 bits per heavy atom. The molecule has 0 aliphatic rings. The second-order valence-electron chi connectivity index (χ2n) is 4.90. The van der Waals surface area contributed by atoms with Gasteiger partial charge in [-0.2, -0.15) is 0 Å². The minimum Gasteiger partial charge on any atom is -0.363 e. The fourth-order valence-electron chi connectivity index (χ4n) is 2.22. The monoisotopic (exact) mass is 406 g/mol. The number of amides is 1. The number of nitrogens with zero attached hydrogens (tertiary/aromatic N) is 3. The van der Waals surface area contributed by atoms with Crippen molar-refractivity contribution in [3.05, 3.63) is 47.3 Å². The zero-order valence-electron chi connectivity index (χ0n) is 12.9. The summed E-state index contributed by atoms with van der Waals surface area (Å²) >= 11 is 4.83. The Hall–Kier alpha value is -2.06. The lowest BCUT2D eigenvalue weighted by atomic mass is 10.2. The van der Waals surface area contributed by atoms with Crippen LogP contribution in [0.3, 0.4) is 0 Å². The zero-order valence-corrected chi connectivity index (χ0v) is 15.3. The van der Waals surface area contributed by atoms with Crippen molar-refractivity contribution in [1.82, 2.24) is 14.7 Å². The van der Waals surface area contributed by atoms with E-state index in [1.807, 2.05) is 30.5 Å². The van der Waals surface area contributed by atoms with Crippen molar-refractivity contribution in [2.45, 2.75) is 18.6 Å². The Bertz CT molecular complexity index is 815. The summed E-state index contributed by atoms with van der Waals surface area (Å²) in [7, 11) is 0. The van der Waals surface area contributed by atoms with Crippen LogP contribution < -0.4 is 5.32 Å². The highest BCUT2D eigenvalue weighted by Crippen LogP contribution is 2.27. The third-order valence-corrected chi connectivity index (χ3v) is 4.83. The largest absolute Gasteiger partial charge is 0.363 e. The second kappa shape index (κ2) is 7.67. The highest BCUT2D eigenvalue weighted by Gasteiger charge is 2.13. The van der Waals surface area contributed by atoms with Crippen LogP contribution in [0, 0.1) is 0 Å². The van der Waals surface area contributed by atoms with Crippen molar-refractivity contribution in [3.63, 3.8) is 0 Å². The van der Waals surface area contributed by atoms with E-state index in [1.165, 1.54) is 18.0 Å². The van der Waals surface area contributed by atoms with Crippen molar-refractivity contribution in [2.75, 3.05) is 11.1 Å². The molecule has 0 spiro atoms. The van der Waals surface area contributed by atoms with E-state index in [0.29, 0.717) is 5.82 Å². The third kappa shape index (κ3) is 3.88. The average Bonchev–Trinajstić information content (AvgIpc) is 3.22. The number of anilines is 1. The molecule has 2 heterocycles. The molecule has 0 saturated heterocycles. The molecule has 0 saturated carbocycles. The third-order valence-electron chi connectivity index (χ3n) is 3.31. The number of carbonyl (C=O) groups excluding carboxylic acids is 1. The first kappa shape index (κ1) is 16.8. The van der Waals surface area contributed by atoms with Gasteiger partial charge in [-0.1, -0.05) is 45.0 Å². The standard InChI is InChI=1S/C16H15BrN4O2S/c1-2-21-13(11-3-5-12(17)6-4-11)9-18-16(21)24-10-15(22)19-14-7-8-23-20-14/h3-9H,2,10H2,1H3,(H,19,20,22). The molecule has 3 aromatic rings. The van der Waals surface area contributed by atoms with Crippen LogP contribution >= 0.6 is 27.7 Å². The maximum absolute atomic E-state index is 11.9. The first-order valence-electron chi connectivity index (χ1n) is 7.32. The fraction of sp³-hybridized carbons (Fsp3) is 0.188. The lowest BCUT2D eigenvalue weighted by Crippen LogP contribution is -2.14. The Labute approximate surface area is 151 Å². The van der Waals surface area contributed by atoms with E-state index in [4.69, 9.17) is 0 Å². The van der Waals surface area contributed by atoms with Crippen LogP contribution in [0.4, 0.5) is 5.82 Å². The molecule has 0 bridgehead atoms. The number of benzene rings is 1. The van der Waals surface area contributed by atoms with E-state index < -0.39 is 0 Å². The van der Waals surface area contributed by atoms with Gasteiger partial charge in [0, 0.05) is 17.1 Å². The van der Waals surface area contributed by atoms with Crippen LogP contribution in [0.25, 0.3) is 11.3 Å². The molecular formula is C16H15BrN4O2S. The molecule has 124 valence electrons. The Morgan fingerprint density at radius 3 is 2.79 bits per heavy atom. The maximum atomic E-state index is 11.9. The van der Waals surface area contributed by atoms with Crippen molar-refractivity contribution in [3.8, 4) is 11.3 Å². The second-order valence-corrected chi connectivity index (χ2v) is 6.76. The molecule has 1 amide bonds. The molecule has 0 atom stereocenters. The minimum absolute atomic E-state index is 0.148. The summed E-state index contributed by atoms with van der Waals surface area (Å²) in [5.41, 5.74) is 2.12. The number of rotatable bonds is 6. The molecule has 2 aromatic heterocycles. The fourth-order valence-corrected chi connectivity index (χ4v) is 3.32. The zero-order chi connectivity index (χ0) is 16.9. The Balaban J connectivity index is 1.70. The Morgan fingerprint density at radius 1 is 1.33 bits per heavy atom. The van der Waals surface area contributed by atoms with Crippen molar-refractivity contribution in [2.24, 2.45) is 0 Å². The van der Waals surface area contributed by atoms with Crippen LogP contribution in [-0.2, 0) is 11.3 Å². The molecule has 1 aromatic carbocycles. The van der Waals surface area contributed by atoms with Crippen LogP contribution in [0.5, 0.6) is 0 Å². The number of carbonyl (C=O) groups is 1. The van der Waals surface area contributed by atoms with Gasteiger partial charge >= 0.3 is 0 Å². The average molecular weight is 407 g/mol. The molecule has 1 N–H and O–H groups in total. The molecule has 0 aliphatic heterocycles. The predicted molar refractivity (Wildman–Crippen MR) is 96.9 cm³/mol. The molecular weight excluding hydrogens is 392 g/mol. The van der Waals surface area contributed by atoms with Gasteiger partial charge in [0.2, 0.25) is 5.91 Å². The number of hydrogen-bond acceptors (Lipinski definition) is 5. The molecule has 3 rings (SSSR count). The van der Waals surface area contributed by atoms with Crippen LogP contribution in [-0.4, -0.2) is 26.4 Å². The first-order valence-corrected chi connectivity index (χ1v) is 9.09. The SMILES string of the molecule is CCn1c(-c2ccc(Br)cc2)cnc1SCC(=O)Nc1ccon1. The number of nitrogens with one attached hydrogen (secondary N) is 1. The van der Waals surface area contributed by atoms with Gasteiger partial charge in [-0.05, 0) is 24.6 Å². The van der Waals surface area contributed by atoms with Crippen LogP contribution in [0.1, 0.15) is 6.92 Å². The predicted octanol–water partition coefficient (Wildman–Crippen LogP) is 4.05. The molecule has 6 nitrogen and oxygen atoms in total. The van der Waals surface area contributed by atoms with Crippen molar-refractivity contribution in [1.29, 1.82) is 0 Å². The summed E-state index contributed by atoms with van der Waals surface area (Å²) in [5.74, 6) is 0.517. The molecule has 0 unspecified atom stereocenters. The van der Waals surface area contributed by atoms with Crippen molar-refractivity contribution < 1.29 is 9.32 Å². The van der Waals surface area contributed by atoms with E-state index in [9.17, 15) is 4.79 Å². The summed E-state index contributed by atoms with van der Waals surface area (Å²) in [5, 5.41) is 7.13. The van der Waals surface area contributed by atoms with E-state index in [-0.39, 0.29) is 11.7 Å². The van der Waals surface area contributed by atoms with Gasteiger partial charge in [0.05, 0.1) is 17.6 Å². The van der Waals surface area contributed by atoms with Gasteiger partial charge in [0.15, 0.2) is 11.0 Å². The number of aromatic nitrogens is 3. The van der Waals surface area contributed by atoms with Gasteiger partial charge in [-0.15, -0.1) is 0 Å². The normalized spacial score (nSPS) is 10.8. The number of halogens is 1. The van der Waals surface area contributed by atoms with E-state index >= 15 is 0 Å². The van der Waals surface area contributed by atoms with E-state index in [0.717, 1.165) is 27.4 Å². The summed E-state index contributed by atoms with van der Waals surface area (Å²) < 4.78 is 7.81. The summed E-state index contributed by atoms with van der Waals surface area (Å²) in [4.78, 5) is 16.4. The number of imidazole rings is 1. The highest BCUT2D eigenvalue weighted by molar-refractivity contribution is 9.10. The van der Waals surface area contributed by atoms with Crippen LogP contribution in [0.15, 0.2) is 56.9 Å². The van der Waals surface area contributed by atoms with E-state index in [1.54, 1.807) is 6.07 Å². The van der Waals surface area contributed by atoms with E-state index in [2.05, 4.69) is 47.4 Å². The van der Waals surface area contributed by atoms with Crippen molar-refractivity contribution >= 4 is 39.4 Å². The summed E-state index contributed by atoms with van der Waals surface area (Å²) in [6, 6.07) is 9.68. The molecule has 8 heteroatoms. The first-order chi connectivity index (χ1) is 11.7. The number of hydrogen-bond donors (Lipinski definition) is 1.